The van der Waals surface area contributed by atoms with Crippen molar-refractivity contribution in [1.29, 1.82) is 0 Å². The van der Waals surface area contributed by atoms with Crippen molar-refractivity contribution in [1.82, 2.24) is 9.55 Å². The van der Waals surface area contributed by atoms with Crippen LogP contribution in [-0.2, 0) is 0 Å². The summed E-state index contributed by atoms with van der Waals surface area (Å²) in [6.07, 6.45) is 14.7. The molecule has 2 fully saturated rings. The summed E-state index contributed by atoms with van der Waals surface area (Å²) in [6.45, 7) is 5.56. The van der Waals surface area contributed by atoms with E-state index in [1.807, 2.05) is 0 Å². The summed E-state index contributed by atoms with van der Waals surface area (Å²) in [7, 11) is 0. The fraction of sp³-hybridized carbons (Fsp3) is 0.833. The Morgan fingerprint density at radius 1 is 1.10 bits per heavy atom. The van der Waals surface area contributed by atoms with E-state index in [9.17, 15) is 0 Å². The summed E-state index contributed by atoms with van der Waals surface area (Å²) in [6, 6.07) is 0.685. The van der Waals surface area contributed by atoms with Crippen LogP contribution in [0.2, 0.25) is 0 Å². The molecule has 0 aliphatic heterocycles. The number of anilines is 1. The van der Waals surface area contributed by atoms with Gasteiger partial charge in [0, 0.05) is 18.8 Å². The van der Waals surface area contributed by atoms with Crippen molar-refractivity contribution in [2.45, 2.75) is 77.7 Å². The average Bonchev–Trinajstić information content (AvgIpc) is 3.14. The summed E-state index contributed by atoms with van der Waals surface area (Å²) in [5, 5.41) is 3.67. The number of nitrogens with one attached hydrogen (secondary N) is 1. The van der Waals surface area contributed by atoms with E-state index in [4.69, 9.17) is 4.98 Å². The van der Waals surface area contributed by atoms with Crippen LogP contribution in [0.25, 0.3) is 0 Å². The lowest BCUT2D eigenvalue weighted by atomic mass is 9.81. The van der Waals surface area contributed by atoms with Crippen LogP contribution in [0.15, 0.2) is 6.20 Å². The number of aryl methyl sites for hydroxylation is 1. The Hall–Kier alpha value is -0.990. The van der Waals surface area contributed by atoms with Crippen LogP contribution in [-0.4, -0.2) is 16.1 Å². The number of aromatic nitrogens is 2. The molecule has 3 nitrogen and oxygen atoms in total. The summed E-state index contributed by atoms with van der Waals surface area (Å²) < 4.78 is 2.42. The number of nitrogens with zero attached hydrogens (tertiary/aromatic N) is 2. The quantitative estimate of drug-likeness (QED) is 0.832. The zero-order chi connectivity index (χ0) is 14.7. The van der Waals surface area contributed by atoms with Gasteiger partial charge in [-0.1, -0.05) is 39.0 Å². The standard InChI is InChI=1S/C18H31N3/c1-3-15-8-10-16(11-9-15)12-19-18-20-14(2)13-21(18)17-6-4-5-7-17/h13,15-17H,3-12H2,1-2H3,(H,19,20). The van der Waals surface area contributed by atoms with E-state index < -0.39 is 0 Å². The first-order valence-corrected chi connectivity index (χ1v) is 9.05. The Morgan fingerprint density at radius 2 is 1.76 bits per heavy atom. The minimum absolute atomic E-state index is 0.685. The van der Waals surface area contributed by atoms with Gasteiger partial charge in [-0.3, -0.25) is 0 Å². The summed E-state index contributed by atoms with van der Waals surface area (Å²) in [4.78, 5) is 4.72. The van der Waals surface area contributed by atoms with Gasteiger partial charge >= 0.3 is 0 Å². The molecule has 3 heteroatoms. The fourth-order valence-electron chi connectivity index (χ4n) is 4.19. The van der Waals surface area contributed by atoms with Crippen molar-refractivity contribution in [3.8, 4) is 0 Å². The van der Waals surface area contributed by atoms with Gasteiger partial charge in [0.1, 0.15) is 0 Å². The van der Waals surface area contributed by atoms with Crippen LogP contribution >= 0.6 is 0 Å². The maximum Gasteiger partial charge on any atom is 0.203 e. The predicted molar refractivity (Wildman–Crippen MR) is 88.7 cm³/mol. The molecule has 0 atom stereocenters. The van der Waals surface area contributed by atoms with E-state index in [2.05, 4.69) is 29.9 Å². The SMILES string of the molecule is CCC1CCC(CNc2nc(C)cn2C2CCCC2)CC1. The Labute approximate surface area is 129 Å². The Bertz CT molecular complexity index is 437. The van der Waals surface area contributed by atoms with Gasteiger partial charge in [0.05, 0.1) is 5.69 Å². The second-order valence-corrected chi connectivity index (χ2v) is 7.23. The monoisotopic (exact) mass is 289 g/mol. The van der Waals surface area contributed by atoms with Crippen LogP contribution in [0.3, 0.4) is 0 Å². The molecule has 1 N–H and O–H groups in total. The van der Waals surface area contributed by atoms with Crippen molar-refractivity contribution in [3.63, 3.8) is 0 Å². The highest BCUT2D eigenvalue weighted by Gasteiger charge is 2.22. The zero-order valence-corrected chi connectivity index (χ0v) is 13.8. The van der Waals surface area contributed by atoms with Crippen LogP contribution in [0.4, 0.5) is 5.95 Å². The number of hydrogen-bond acceptors (Lipinski definition) is 2. The summed E-state index contributed by atoms with van der Waals surface area (Å²) in [5.41, 5.74) is 1.15. The highest BCUT2D eigenvalue weighted by atomic mass is 15.2. The van der Waals surface area contributed by atoms with Gasteiger partial charge in [0.2, 0.25) is 5.95 Å². The molecule has 0 saturated heterocycles. The second kappa shape index (κ2) is 6.85. The van der Waals surface area contributed by atoms with Gasteiger partial charge in [-0.25, -0.2) is 4.98 Å². The van der Waals surface area contributed by atoms with Crippen molar-refractivity contribution < 1.29 is 0 Å². The Morgan fingerprint density at radius 3 is 2.43 bits per heavy atom. The summed E-state index contributed by atoms with van der Waals surface area (Å²) >= 11 is 0. The Kier molecular flexibility index (Phi) is 4.87. The topological polar surface area (TPSA) is 29.9 Å². The average molecular weight is 289 g/mol. The molecule has 2 aliphatic carbocycles. The van der Waals surface area contributed by atoms with E-state index in [1.165, 1.54) is 57.8 Å². The molecule has 0 bridgehead atoms. The highest BCUT2D eigenvalue weighted by Crippen LogP contribution is 2.33. The molecule has 1 aromatic heterocycles. The molecule has 0 amide bonds. The lowest BCUT2D eigenvalue weighted by molar-refractivity contribution is 0.278. The number of hydrogen-bond donors (Lipinski definition) is 1. The first-order valence-electron chi connectivity index (χ1n) is 9.05. The second-order valence-electron chi connectivity index (χ2n) is 7.23. The maximum absolute atomic E-state index is 4.72. The predicted octanol–water partition coefficient (Wildman–Crippen LogP) is 4.93. The molecular weight excluding hydrogens is 258 g/mol. The lowest BCUT2D eigenvalue weighted by Gasteiger charge is -2.28. The van der Waals surface area contributed by atoms with Crippen molar-refractivity contribution in [2.75, 3.05) is 11.9 Å². The van der Waals surface area contributed by atoms with Crippen LogP contribution in [0.1, 0.15) is 76.4 Å². The normalized spacial score (nSPS) is 27.1. The third-order valence-electron chi connectivity index (χ3n) is 5.66. The van der Waals surface area contributed by atoms with Gasteiger partial charge in [0.25, 0.3) is 0 Å². The maximum atomic E-state index is 4.72. The summed E-state index contributed by atoms with van der Waals surface area (Å²) in [5.74, 6) is 2.96. The van der Waals surface area contributed by atoms with Gasteiger partial charge in [0.15, 0.2) is 0 Å². The first kappa shape index (κ1) is 14.9. The van der Waals surface area contributed by atoms with E-state index in [-0.39, 0.29) is 0 Å². The van der Waals surface area contributed by atoms with Crippen molar-refractivity contribution >= 4 is 5.95 Å². The molecule has 0 unspecified atom stereocenters. The van der Waals surface area contributed by atoms with Crippen LogP contribution in [0, 0.1) is 18.8 Å². The van der Waals surface area contributed by atoms with Gasteiger partial charge in [-0.15, -0.1) is 0 Å². The van der Waals surface area contributed by atoms with Crippen molar-refractivity contribution in [2.24, 2.45) is 11.8 Å². The minimum Gasteiger partial charge on any atom is -0.355 e. The van der Waals surface area contributed by atoms with Crippen LogP contribution in [0.5, 0.6) is 0 Å². The molecule has 3 rings (SSSR count). The highest BCUT2D eigenvalue weighted by molar-refractivity contribution is 5.30. The number of imidazole rings is 1. The molecule has 1 heterocycles. The minimum atomic E-state index is 0.685. The molecule has 2 aliphatic rings. The van der Waals surface area contributed by atoms with Crippen molar-refractivity contribution in [3.05, 3.63) is 11.9 Å². The molecular formula is C18H31N3. The fourth-order valence-corrected chi connectivity index (χ4v) is 4.19. The lowest BCUT2D eigenvalue weighted by Crippen LogP contribution is -2.22. The van der Waals surface area contributed by atoms with Crippen LogP contribution < -0.4 is 5.32 Å². The molecule has 0 spiro atoms. The third-order valence-corrected chi connectivity index (χ3v) is 5.66. The largest absolute Gasteiger partial charge is 0.355 e. The molecule has 21 heavy (non-hydrogen) atoms. The Balaban J connectivity index is 1.55. The molecule has 0 aromatic carbocycles. The van der Waals surface area contributed by atoms with E-state index >= 15 is 0 Å². The third kappa shape index (κ3) is 3.61. The van der Waals surface area contributed by atoms with E-state index in [1.54, 1.807) is 0 Å². The van der Waals surface area contributed by atoms with E-state index in [0.29, 0.717) is 6.04 Å². The van der Waals surface area contributed by atoms with E-state index in [0.717, 1.165) is 30.0 Å². The van der Waals surface area contributed by atoms with Gasteiger partial charge in [-0.2, -0.15) is 0 Å². The molecule has 2 saturated carbocycles. The number of rotatable bonds is 5. The van der Waals surface area contributed by atoms with Gasteiger partial charge < -0.3 is 9.88 Å². The van der Waals surface area contributed by atoms with Gasteiger partial charge in [-0.05, 0) is 44.4 Å². The zero-order valence-electron chi connectivity index (χ0n) is 13.8. The molecule has 0 radical (unpaired) electrons. The smallest absolute Gasteiger partial charge is 0.203 e. The molecule has 1 aromatic rings. The first-order chi connectivity index (χ1) is 10.3. The molecule has 118 valence electrons.